The molecule has 0 saturated carbocycles. The molecule has 3 rings (SSSR count). The lowest BCUT2D eigenvalue weighted by Gasteiger charge is -1.99. The molecule has 0 spiro atoms. The van der Waals surface area contributed by atoms with Crippen LogP contribution in [0.3, 0.4) is 0 Å². The zero-order valence-corrected chi connectivity index (χ0v) is 14.2. The van der Waals surface area contributed by atoms with Crippen molar-refractivity contribution in [2.24, 2.45) is 4.99 Å². The fourth-order valence-corrected chi connectivity index (χ4v) is 3.85. The van der Waals surface area contributed by atoms with Crippen LogP contribution in [0.15, 0.2) is 59.2 Å². The summed E-state index contributed by atoms with van der Waals surface area (Å²) in [6, 6.07) is 13.6. The molecule has 116 valence electrons. The lowest BCUT2D eigenvalue weighted by Crippen LogP contribution is -1.88. The topological polar surface area (TPSA) is 29.4 Å². The number of halogens is 2. The van der Waals surface area contributed by atoms with Crippen LogP contribution in [0.2, 0.25) is 5.02 Å². The summed E-state index contributed by atoms with van der Waals surface area (Å²) in [4.78, 5) is 16.3. The molecular weight excluding hydrogens is 353 g/mol. The van der Waals surface area contributed by atoms with E-state index in [-0.39, 0.29) is 10.9 Å². The Morgan fingerprint density at radius 1 is 1.22 bits per heavy atom. The van der Waals surface area contributed by atoms with Crippen molar-refractivity contribution in [1.29, 1.82) is 0 Å². The molecule has 0 N–H and O–H groups in total. The van der Waals surface area contributed by atoms with Crippen LogP contribution in [0.25, 0.3) is 6.08 Å². The third kappa shape index (κ3) is 4.47. The molecule has 2 aromatic carbocycles. The summed E-state index contributed by atoms with van der Waals surface area (Å²) < 4.78 is 13.9. The van der Waals surface area contributed by atoms with Crippen LogP contribution in [-0.4, -0.2) is 9.49 Å². The zero-order valence-electron chi connectivity index (χ0n) is 11.8. The van der Waals surface area contributed by atoms with Crippen molar-refractivity contribution in [3.05, 3.63) is 76.2 Å². The Hall–Kier alpha value is -1.56. The number of rotatable bonds is 3. The van der Waals surface area contributed by atoms with Gasteiger partial charge in [0.2, 0.25) is 5.12 Å². The standard InChI is InChI=1S/C17H11ClFNOS2/c18-13-6-4-11(5-7-13)10-22-17-20-15(16(21)23-17)9-12-2-1-3-14(19)8-12/h1-9H,10H2. The molecule has 2 aromatic rings. The molecule has 0 aliphatic carbocycles. The van der Waals surface area contributed by atoms with Gasteiger partial charge in [-0.2, -0.15) is 0 Å². The van der Waals surface area contributed by atoms with E-state index in [0.717, 1.165) is 17.3 Å². The number of nitrogens with zero attached hydrogens (tertiary/aromatic N) is 1. The van der Waals surface area contributed by atoms with Crippen molar-refractivity contribution >= 4 is 50.7 Å². The smallest absolute Gasteiger partial charge is 0.244 e. The van der Waals surface area contributed by atoms with Crippen molar-refractivity contribution < 1.29 is 9.18 Å². The van der Waals surface area contributed by atoms with Gasteiger partial charge in [-0.05, 0) is 53.2 Å². The van der Waals surface area contributed by atoms with Crippen molar-refractivity contribution in [2.75, 3.05) is 0 Å². The van der Waals surface area contributed by atoms with Crippen LogP contribution in [0.5, 0.6) is 0 Å². The number of hydrogen-bond donors (Lipinski definition) is 0. The molecular formula is C17H11ClFNOS2. The molecule has 1 aliphatic heterocycles. The summed E-state index contributed by atoms with van der Waals surface area (Å²) in [5, 5.41) is 0.578. The van der Waals surface area contributed by atoms with Crippen LogP contribution in [0, 0.1) is 5.82 Å². The van der Waals surface area contributed by atoms with Crippen LogP contribution in [0.1, 0.15) is 11.1 Å². The zero-order chi connectivity index (χ0) is 16.2. The highest BCUT2D eigenvalue weighted by molar-refractivity contribution is 8.45. The quantitative estimate of drug-likeness (QED) is 0.685. The maximum atomic E-state index is 13.2. The van der Waals surface area contributed by atoms with Crippen LogP contribution in [0.4, 0.5) is 4.39 Å². The van der Waals surface area contributed by atoms with Crippen LogP contribution in [-0.2, 0) is 10.5 Å². The van der Waals surface area contributed by atoms with Gasteiger partial charge in [0, 0.05) is 10.8 Å². The van der Waals surface area contributed by atoms with Gasteiger partial charge in [-0.15, -0.1) is 0 Å². The normalized spacial score (nSPS) is 16.0. The van der Waals surface area contributed by atoms with Gasteiger partial charge in [-0.1, -0.05) is 47.6 Å². The largest absolute Gasteiger partial charge is 0.279 e. The second-order valence-corrected chi connectivity index (χ2v) is 7.39. The molecule has 0 unspecified atom stereocenters. The molecule has 0 fully saturated rings. The minimum Gasteiger partial charge on any atom is -0.279 e. The summed E-state index contributed by atoms with van der Waals surface area (Å²) in [5.74, 6) is 0.377. The predicted molar refractivity (Wildman–Crippen MR) is 97.2 cm³/mol. The minimum atomic E-state index is -0.334. The van der Waals surface area contributed by atoms with E-state index < -0.39 is 0 Å². The molecule has 1 aliphatic rings. The number of aliphatic imine (C=N–C) groups is 1. The van der Waals surface area contributed by atoms with E-state index in [4.69, 9.17) is 11.6 Å². The van der Waals surface area contributed by atoms with E-state index >= 15 is 0 Å². The number of hydrogen-bond acceptors (Lipinski definition) is 4. The maximum Gasteiger partial charge on any atom is 0.244 e. The van der Waals surface area contributed by atoms with Gasteiger partial charge >= 0.3 is 0 Å². The maximum absolute atomic E-state index is 13.2. The van der Waals surface area contributed by atoms with E-state index in [2.05, 4.69) is 4.99 Å². The van der Waals surface area contributed by atoms with E-state index in [0.29, 0.717) is 26.4 Å². The summed E-state index contributed by atoms with van der Waals surface area (Å²) in [5.41, 5.74) is 2.08. The monoisotopic (exact) mass is 363 g/mol. The summed E-state index contributed by atoms with van der Waals surface area (Å²) in [6.45, 7) is 0. The predicted octanol–water partition coefficient (Wildman–Crippen LogP) is 5.38. The van der Waals surface area contributed by atoms with Gasteiger partial charge < -0.3 is 0 Å². The Balaban J connectivity index is 1.70. The highest BCUT2D eigenvalue weighted by atomic mass is 35.5. The number of carbonyl (C=O) groups excluding carboxylic acids is 1. The summed E-state index contributed by atoms with van der Waals surface area (Å²) >= 11 is 8.46. The molecule has 0 bridgehead atoms. The first-order valence-corrected chi connectivity index (χ1v) is 8.93. The molecule has 6 heteroatoms. The van der Waals surface area contributed by atoms with Gasteiger partial charge in [-0.3, -0.25) is 4.79 Å². The molecule has 2 nitrogen and oxygen atoms in total. The molecule has 0 radical (unpaired) electrons. The van der Waals surface area contributed by atoms with Gasteiger partial charge in [-0.25, -0.2) is 9.38 Å². The first-order valence-electron chi connectivity index (χ1n) is 6.75. The third-order valence-corrected chi connectivity index (χ3v) is 5.36. The molecule has 0 atom stereocenters. The Morgan fingerprint density at radius 2 is 2.00 bits per heavy atom. The Bertz CT molecular complexity index is 802. The van der Waals surface area contributed by atoms with Crippen LogP contribution < -0.4 is 0 Å². The fraction of sp³-hybridized carbons (Fsp3) is 0.0588. The van der Waals surface area contributed by atoms with Gasteiger partial charge in [0.1, 0.15) is 15.9 Å². The van der Waals surface area contributed by atoms with Crippen molar-refractivity contribution in [2.45, 2.75) is 5.75 Å². The van der Waals surface area contributed by atoms with E-state index in [9.17, 15) is 9.18 Å². The molecule has 1 heterocycles. The Morgan fingerprint density at radius 3 is 2.74 bits per heavy atom. The van der Waals surface area contributed by atoms with Crippen molar-refractivity contribution in [3.63, 3.8) is 0 Å². The lowest BCUT2D eigenvalue weighted by molar-refractivity contribution is -0.107. The molecule has 0 amide bonds. The van der Waals surface area contributed by atoms with Crippen LogP contribution >= 0.6 is 35.1 Å². The van der Waals surface area contributed by atoms with Crippen molar-refractivity contribution in [1.82, 2.24) is 0 Å². The van der Waals surface area contributed by atoms with E-state index in [1.807, 2.05) is 24.3 Å². The SMILES string of the molecule is O=C1SC(SCc2ccc(Cl)cc2)=NC1=Cc1cccc(F)c1. The van der Waals surface area contributed by atoms with E-state index in [1.54, 1.807) is 18.2 Å². The summed E-state index contributed by atoms with van der Waals surface area (Å²) in [7, 11) is 0. The number of thioether (sulfide) groups is 2. The molecule has 0 aromatic heterocycles. The second kappa shape index (κ2) is 7.34. The van der Waals surface area contributed by atoms with Gasteiger partial charge in [0.15, 0.2) is 0 Å². The Kier molecular flexibility index (Phi) is 5.20. The van der Waals surface area contributed by atoms with Gasteiger partial charge in [0.25, 0.3) is 0 Å². The second-order valence-electron chi connectivity index (χ2n) is 4.77. The average Bonchev–Trinajstić information content (AvgIpc) is 2.87. The minimum absolute atomic E-state index is 0.118. The fourth-order valence-electron chi connectivity index (χ4n) is 1.93. The average molecular weight is 364 g/mol. The van der Waals surface area contributed by atoms with E-state index in [1.165, 1.54) is 23.9 Å². The highest BCUT2D eigenvalue weighted by Crippen LogP contribution is 2.32. The first-order chi connectivity index (χ1) is 11.1. The highest BCUT2D eigenvalue weighted by Gasteiger charge is 2.22. The Labute approximate surface area is 146 Å². The number of carbonyl (C=O) groups is 1. The summed E-state index contributed by atoms with van der Waals surface area (Å²) in [6.07, 6.45) is 1.61. The molecule has 0 saturated heterocycles. The van der Waals surface area contributed by atoms with Crippen molar-refractivity contribution in [3.8, 4) is 0 Å². The van der Waals surface area contributed by atoms with Gasteiger partial charge in [0.05, 0.1) is 0 Å². The number of benzene rings is 2. The first kappa shape index (κ1) is 16.3. The third-order valence-electron chi connectivity index (χ3n) is 3.03. The molecule has 23 heavy (non-hydrogen) atoms. The lowest BCUT2D eigenvalue weighted by atomic mass is 10.2.